The molecule has 0 fully saturated rings. The van der Waals surface area contributed by atoms with Gasteiger partial charge in [0.15, 0.2) is 0 Å². The van der Waals surface area contributed by atoms with Crippen LogP contribution in [0.1, 0.15) is 31.7 Å². The summed E-state index contributed by atoms with van der Waals surface area (Å²) >= 11 is 0. The lowest BCUT2D eigenvalue weighted by Gasteiger charge is -2.04. The molecule has 0 saturated heterocycles. The average molecular weight is 274 g/mol. The van der Waals surface area contributed by atoms with E-state index >= 15 is 0 Å². The minimum atomic E-state index is 0.117. The first-order valence-corrected chi connectivity index (χ1v) is 7.04. The second kappa shape index (κ2) is 6.46. The van der Waals surface area contributed by atoms with Crippen molar-refractivity contribution in [3.63, 3.8) is 0 Å². The first-order chi connectivity index (χ1) is 9.65. The molecule has 108 valence electrons. The average Bonchev–Trinajstić information content (AvgIpc) is 2.78. The summed E-state index contributed by atoms with van der Waals surface area (Å²) in [5.41, 5.74) is 2.26. The molecule has 0 aliphatic heterocycles. The van der Waals surface area contributed by atoms with Gasteiger partial charge in [-0.05, 0) is 30.2 Å². The van der Waals surface area contributed by atoms with Gasteiger partial charge in [-0.1, -0.05) is 13.3 Å². The van der Waals surface area contributed by atoms with E-state index in [0.717, 1.165) is 35.1 Å². The largest absolute Gasteiger partial charge is 0.497 e. The summed E-state index contributed by atoms with van der Waals surface area (Å²) in [4.78, 5) is 11.7. The minimum absolute atomic E-state index is 0.117. The highest BCUT2D eigenvalue weighted by Gasteiger charge is 2.09. The molecule has 0 atom stereocenters. The van der Waals surface area contributed by atoms with Gasteiger partial charge in [-0.25, -0.2) is 0 Å². The van der Waals surface area contributed by atoms with Gasteiger partial charge in [0.25, 0.3) is 0 Å². The molecule has 2 aromatic rings. The maximum atomic E-state index is 11.7. The van der Waals surface area contributed by atoms with Crippen LogP contribution in [0.5, 0.6) is 5.75 Å². The Morgan fingerprint density at radius 3 is 2.90 bits per heavy atom. The number of amides is 1. The van der Waals surface area contributed by atoms with E-state index in [4.69, 9.17) is 4.74 Å². The fraction of sp³-hybridized carbons (Fsp3) is 0.438. The smallest absolute Gasteiger partial charge is 0.220 e. The quantitative estimate of drug-likeness (QED) is 0.880. The Kier molecular flexibility index (Phi) is 4.66. The van der Waals surface area contributed by atoms with Crippen LogP contribution in [-0.4, -0.2) is 17.6 Å². The molecular weight excluding hydrogens is 252 g/mol. The molecule has 4 heteroatoms. The van der Waals surface area contributed by atoms with Gasteiger partial charge in [-0.3, -0.25) is 4.79 Å². The van der Waals surface area contributed by atoms with E-state index in [9.17, 15) is 4.79 Å². The maximum Gasteiger partial charge on any atom is 0.220 e. The summed E-state index contributed by atoms with van der Waals surface area (Å²) < 4.78 is 7.34. The molecule has 0 aliphatic carbocycles. The van der Waals surface area contributed by atoms with Crippen LogP contribution in [0.2, 0.25) is 0 Å². The number of hydrogen-bond donors (Lipinski definition) is 1. The van der Waals surface area contributed by atoms with E-state index in [1.807, 2.05) is 25.2 Å². The van der Waals surface area contributed by atoms with Crippen LogP contribution >= 0.6 is 0 Å². The van der Waals surface area contributed by atoms with E-state index < -0.39 is 0 Å². The second-order valence-corrected chi connectivity index (χ2v) is 5.03. The van der Waals surface area contributed by atoms with Gasteiger partial charge >= 0.3 is 0 Å². The van der Waals surface area contributed by atoms with Gasteiger partial charge in [0.05, 0.1) is 7.11 Å². The Labute approximate surface area is 119 Å². The SMILES string of the molecule is CCCCC(=O)NCc1cn(C)c2ccc(OC)cc12. The number of unbranched alkanes of at least 4 members (excludes halogenated alkanes) is 1. The summed E-state index contributed by atoms with van der Waals surface area (Å²) in [5.74, 6) is 0.953. The molecule has 0 unspecified atom stereocenters. The van der Waals surface area contributed by atoms with Crippen molar-refractivity contribution in [2.24, 2.45) is 7.05 Å². The number of nitrogens with one attached hydrogen (secondary N) is 1. The molecule has 4 nitrogen and oxygen atoms in total. The predicted molar refractivity (Wildman–Crippen MR) is 80.8 cm³/mol. The number of ether oxygens (including phenoxy) is 1. The van der Waals surface area contributed by atoms with Crippen molar-refractivity contribution < 1.29 is 9.53 Å². The summed E-state index contributed by atoms with van der Waals surface area (Å²) in [7, 11) is 3.67. The molecule has 1 amide bonds. The van der Waals surface area contributed by atoms with Crippen molar-refractivity contribution >= 4 is 16.8 Å². The lowest BCUT2D eigenvalue weighted by Crippen LogP contribution is -2.22. The number of fused-ring (bicyclic) bond motifs is 1. The van der Waals surface area contributed by atoms with Gasteiger partial charge < -0.3 is 14.6 Å². The first-order valence-electron chi connectivity index (χ1n) is 7.04. The lowest BCUT2D eigenvalue weighted by molar-refractivity contribution is -0.121. The van der Waals surface area contributed by atoms with Crippen LogP contribution in [-0.2, 0) is 18.4 Å². The number of benzene rings is 1. The fourth-order valence-electron chi connectivity index (χ4n) is 2.34. The monoisotopic (exact) mass is 274 g/mol. The van der Waals surface area contributed by atoms with E-state index in [2.05, 4.69) is 23.0 Å². The number of rotatable bonds is 6. The highest BCUT2D eigenvalue weighted by atomic mass is 16.5. The molecule has 1 heterocycles. The summed E-state index contributed by atoms with van der Waals surface area (Å²) in [5, 5.41) is 4.11. The van der Waals surface area contributed by atoms with Gasteiger partial charge in [-0.2, -0.15) is 0 Å². The Balaban J connectivity index is 2.15. The molecule has 0 spiro atoms. The molecule has 0 aliphatic rings. The Hall–Kier alpha value is -1.97. The highest BCUT2D eigenvalue weighted by molar-refractivity contribution is 5.86. The third-order valence-corrected chi connectivity index (χ3v) is 3.51. The van der Waals surface area contributed by atoms with Crippen molar-refractivity contribution in [1.29, 1.82) is 0 Å². The highest BCUT2D eigenvalue weighted by Crippen LogP contribution is 2.25. The van der Waals surface area contributed by atoms with Crippen molar-refractivity contribution in [2.45, 2.75) is 32.7 Å². The topological polar surface area (TPSA) is 43.3 Å². The normalized spacial score (nSPS) is 10.8. The number of carbonyl (C=O) groups is 1. The van der Waals surface area contributed by atoms with Gasteiger partial charge in [0.1, 0.15) is 5.75 Å². The molecule has 1 aromatic heterocycles. The van der Waals surface area contributed by atoms with Crippen molar-refractivity contribution in [3.05, 3.63) is 30.0 Å². The number of nitrogens with zero attached hydrogens (tertiary/aromatic N) is 1. The van der Waals surface area contributed by atoms with Crippen LogP contribution < -0.4 is 10.1 Å². The van der Waals surface area contributed by atoms with Crippen molar-refractivity contribution in [3.8, 4) is 5.75 Å². The molecule has 0 saturated carbocycles. The van der Waals surface area contributed by atoms with E-state index in [1.165, 1.54) is 0 Å². The summed E-state index contributed by atoms with van der Waals surface area (Å²) in [6.07, 6.45) is 4.64. The van der Waals surface area contributed by atoms with Crippen LogP contribution in [0, 0.1) is 0 Å². The summed E-state index contributed by atoms with van der Waals surface area (Å²) in [6.45, 7) is 2.65. The third-order valence-electron chi connectivity index (χ3n) is 3.51. The zero-order valence-electron chi connectivity index (χ0n) is 12.4. The molecule has 2 rings (SSSR count). The molecule has 1 N–H and O–H groups in total. The third kappa shape index (κ3) is 3.13. The zero-order valence-corrected chi connectivity index (χ0v) is 12.4. The Morgan fingerprint density at radius 1 is 1.40 bits per heavy atom. The van der Waals surface area contributed by atoms with Crippen LogP contribution in [0.25, 0.3) is 10.9 Å². The Bertz CT molecular complexity index is 602. The van der Waals surface area contributed by atoms with Crippen molar-refractivity contribution in [2.75, 3.05) is 7.11 Å². The van der Waals surface area contributed by atoms with Crippen LogP contribution in [0.15, 0.2) is 24.4 Å². The van der Waals surface area contributed by atoms with Crippen LogP contribution in [0.3, 0.4) is 0 Å². The molecular formula is C16H22N2O2. The molecule has 20 heavy (non-hydrogen) atoms. The molecule has 0 bridgehead atoms. The predicted octanol–water partition coefficient (Wildman–Crippen LogP) is 2.99. The first kappa shape index (κ1) is 14.4. The fourth-order valence-corrected chi connectivity index (χ4v) is 2.34. The molecule has 0 radical (unpaired) electrons. The van der Waals surface area contributed by atoms with E-state index in [0.29, 0.717) is 13.0 Å². The maximum absolute atomic E-state index is 11.7. The zero-order chi connectivity index (χ0) is 14.5. The summed E-state index contributed by atoms with van der Waals surface area (Å²) in [6, 6.07) is 6.01. The van der Waals surface area contributed by atoms with Crippen molar-refractivity contribution in [1.82, 2.24) is 9.88 Å². The number of methoxy groups -OCH3 is 1. The Morgan fingerprint density at radius 2 is 2.20 bits per heavy atom. The minimum Gasteiger partial charge on any atom is -0.497 e. The molecule has 1 aromatic carbocycles. The van der Waals surface area contributed by atoms with Gasteiger partial charge in [0, 0.05) is 37.1 Å². The number of carbonyl (C=O) groups excluding carboxylic acids is 1. The van der Waals surface area contributed by atoms with Gasteiger partial charge in [-0.15, -0.1) is 0 Å². The number of aromatic nitrogens is 1. The number of hydrogen-bond acceptors (Lipinski definition) is 2. The lowest BCUT2D eigenvalue weighted by atomic mass is 10.1. The van der Waals surface area contributed by atoms with Crippen LogP contribution in [0.4, 0.5) is 0 Å². The number of aryl methyl sites for hydroxylation is 1. The second-order valence-electron chi connectivity index (χ2n) is 5.03. The van der Waals surface area contributed by atoms with Gasteiger partial charge in [0.2, 0.25) is 5.91 Å². The standard InChI is InChI=1S/C16H22N2O2/c1-4-5-6-16(19)17-10-12-11-18(2)15-8-7-13(20-3)9-14(12)15/h7-9,11H,4-6,10H2,1-3H3,(H,17,19). The van der Waals surface area contributed by atoms with E-state index in [-0.39, 0.29) is 5.91 Å². The van der Waals surface area contributed by atoms with E-state index in [1.54, 1.807) is 7.11 Å².